The Balaban J connectivity index is 1.24. The van der Waals surface area contributed by atoms with Gasteiger partial charge in [0, 0.05) is 43.2 Å². The van der Waals surface area contributed by atoms with E-state index in [-0.39, 0.29) is 57.8 Å². The molecular formula is C49H59N11O7. The molecular weight excluding hydrogens is 855 g/mol. The number of carbonyl (C=O) groups is 5. The standard InChI is InChI=1S/C49H59N11O7/c1-27-41(28(2)56-43(55-27)33-6-8-36-31(25-33)11-13-49(36)14-15-49)46(63)58-37(12-16-50)48(65)60(4)42-32-7-10-40(67-22-19-53)35(26-32)34-23-30(5-9-39(34)66-21-18-52)24-38(45(62)54-20-17-51)59-44(61)29(3)57-47(42)64/h5-10,23,25-26,29,37-38,42H,11-16,18-22,24,50,52-53H2,1-4H3,(H,54,62)(H,57,64)(H,58,63)(H,59,61)/t29-,37-,38-,42-/m0/s1. The summed E-state index contributed by atoms with van der Waals surface area (Å²) in [7, 11) is 1.43. The summed E-state index contributed by atoms with van der Waals surface area (Å²) >= 11 is 0. The van der Waals surface area contributed by atoms with Crippen LogP contribution >= 0.6 is 0 Å². The minimum absolute atomic E-state index is 0.00506. The summed E-state index contributed by atoms with van der Waals surface area (Å²) in [4.78, 5) is 81.4. The molecule has 3 aromatic carbocycles. The molecule has 3 aliphatic rings. The second-order valence-corrected chi connectivity index (χ2v) is 17.4. The van der Waals surface area contributed by atoms with E-state index in [4.69, 9.17) is 36.6 Å². The molecule has 1 aliphatic heterocycles. The van der Waals surface area contributed by atoms with Gasteiger partial charge in [-0.25, -0.2) is 9.97 Å². The second-order valence-electron chi connectivity index (χ2n) is 17.4. The van der Waals surface area contributed by atoms with E-state index in [1.54, 1.807) is 50.2 Å². The number of amides is 5. The quantitative estimate of drug-likeness (QED) is 0.0841. The van der Waals surface area contributed by atoms with E-state index in [9.17, 15) is 29.2 Å². The van der Waals surface area contributed by atoms with Gasteiger partial charge in [-0.15, -0.1) is 0 Å². The van der Waals surface area contributed by atoms with E-state index < -0.39 is 53.7 Å². The van der Waals surface area contributed by atoms with E-state index in [1.807, 2.05) is 12.1 Å². The molecule has 2 heterocycles. The Labute approximate surface area is 389 Å². The Morgan fingerprint density at radius 1 is 0.896 bits per heavy atom. The lowest BCUT2D eigenvalue weighted by molar-refractivity contribution is -0.141. The Morgan fingerprint density at radius 2 is 1.57 bits per heavy atom. The number of nitrogens with two attached hydrogens (primary N) is 3. The zero-order valence-corrected chi connectivity index (χ0v) is 38.4. The molecule has 352 valence electrons. The van der Waals surface area contributed by atoms with Gasteiger partial charge < -0.3 is 52.8 Å². The third-order valence-corrected chi connectivity index (χ3v) is 12.8. The second kappa shape index (κ2) is 20.7. The minimum atomic E-state index is -1.40. The van der Waals surface area contributed by atoms with Gasteiger partial charge in [0.25, 0.3) is 5.91 Å². The van der Waals surface area contributed by atoms with Gasteiger partial charge in [0.05, 0.1) is 23.0 Å². The normalized spacial score (nSPS) is 18.6. The van der Waals surface area contributed by atoms with E-state index in [0.717, 1.165) is 18.4 Å². The van der Waals surface area contributed by atoms with Crippen molar-refractivity contribution in [3.05, 3.63) is 93.8 Å². The van der Waals surface area contributed by atoms with Gasteiger partial charge in [-0.05, 0) is 117 Å². The number of hydrogen-bond donors (Lipinski definition) is 7. The number of aryl methyl sites for hydroxylation is 3. The number of fused-ring (bicyclic) bond motifs is 7. The molecule has 1 saturated carbocycles. The van der Waals surface area contributed by atoms with Crippen molar-refractivity contribution in [1.29, 1.82) is 5.26 Å². The Kier molecular flexibility index (Phi) is 14.8. The van der Waals surface area contributed by atoms with Crippen LogP contribution in [0.15, 0.2) is 54.6 Å². The Bertz CT molecular complexity index is 2590. The molecule has 18 nitrogen and oxygen atoms in total. The number of likely N-dealkylation sites (N-methyl/N-ethyl adjacent to an activating group) is 1. The maximum Gasteiger partial charge on any atom is 0.255 e. The van der Waals surface area contributed by atoms with Crippen LogP contribution < -0.4 is 47.9 Å². The molecule has 4 atom stereocenters. The molecule has 7 rings (SSSR count). The highest BCUT2D eigenvalue weighted by atomic mass is 16.5. The summed E-state index contributed by atoms with van der Waals surface area (Å²) in [5.41, 5.74) is 24.7. The molecule has 0 saturated heterocycles. The van der Waals surface area contributed by atoms with Gasteiger partial charge in [-0.3, -0.25) is 24.0 Å². The number of nitriles is 1. The van der Waals surface area contributed by atoms with Crippen molar-refractivity contribution < 1.29 is 33.4 Å². The largest absolute Gasteiger partial charge is 0.492 e. The minimum Gasteiger partial charge on any atom is -0.492 e. The van der Waals surface area contributed by atoms with Crippen molar-refractivity contribution in [3.63, 3.8) is 0 Å². The van der Waals surface area contributed by atoms with Crippen molar-refractivity contribution in [1.82, 2.24) is 36.1 Å². The Morgan fingerprint density at radius 3 is 2.21 bits per heavy atom. The van der Waals surface area contributed by atoms with Crippen molar-refractivity contribution in [2.24, 2.45) is 17.2 Å². The van der Waals surface area contributed by atoms with Crippen LogP contribution in [0.3, 0.4) is 0 Å². The van der Waals surface area contributed by atoms with Gasteiger partial charge in [0.2, 0.25) is 23.6 Å². The third kappa shape index (κ3) is 10.4. The maximum absolute atomic E-state index is 14.8. The first-order valence-corrected chi connectivity index (χ1v) is 22.7. The lowest BCUT2D eigenvalue weighted by Crippen LogP contribution is -2.56. The van der Waals surface area contributed by atoms with Crippen LogP contribution in [0.2, 0.25) is 0 Å². The molecule has 5 amide bonds. The molecule has 0 unspecified atom stereocenters. The predicted molar refractivity (Wildman–Crippen MR) is 249 cm³/mol. The van der Waals surface area contributed by atoms with Crippen LogP contribution in [0.5, 0.6) is 11.5 Å². The average molecular weight is 914 g/mol. The predicted octanol–water partition coefficient (Wildman–Crippen LogP) is 1.91. The van der Waals surface area contributed by atoms with Crippen molar-refractivity contribution in [2.45, 2.75) is 88.9 Å². The van der Waals surface area contributed by atoms with Gasteiger partial charge in [-0.1, -0.05) is 24.3 Å². The molecule has 1 aromatic heterocycles. The molecule has 67 heavy (non-hydrogen) atoms. The van der Waals surface area contributed by atoms with Crippen LogP contribution in [-0.2, 0) is 37.4 Å². The lowest BCUT2D eigenvalue weighted by atomic mass is 9.93. The number of nitrogens with zero attached hydrogens (tertiary/aromatic N) is 4. The van der Waals surface area contributed by atoms with Crippen molar-refractivity contribution in [2.75, 3.05) is 46.4 Å². The summed E-state index contributed by atoms with van der Waals surface area (Å²) in [5.74, 6) is -2.01. The van der Waals surface area contributed by atoms with Crippen LogP contribution in [0.1, 0.15) is 82.6 Å². The number of carbonyl (C=O) groups excluding carboxylic acids is 5. The zero-order valence-electron chi connectivity index (χ0n) is 38.4. The van der Waals surface area contributed by atoms with Crippen molar-refractivity contribution in [3.8, 4) is 40.1 Å². The van der Waals surface area contributed by atoms with Gasteiger partial charge >= 0.3 is 0 Å². The first-order valence-electron chi connectivity index (χ1n) is 22.7. The van der Waals surface area contributed by atoms with E-state index >= 15 is 0 Å². The van der Waals surface area contributed by atoms with Gasteiger partial charge in [0.15, 0.2) is 5.82 Å². The number of ether oxygens (including phenoxy) is 2. The first-order chi connectivity index (χ1) is 32.2. The number of benzene rings is 3. The molecule has 1 spiro atoms. The molecule has 4 bridgehead atoms. The number of hydrogen-bond acceptors (Lipinski definition) is 13. The van der Waals surface area contributed by atoms with Crippen molar-refractivity contribution >= 4 is 29.5 Å². The smallest absolute Gasteiger partial charge is 0.255 e. The molecule has 0 radical (unpaired) electrons. The fourth-order valence-corrected chi connectivity index (χ4v) is 9.17. The maximum atomic E-state index is 14.8. The van der Waals surface area contributed by atoms with E-state index in [0.29, 0.717) is 56.4 Å². The van der Waals surface area contributed by atoms with Crippen LogP contribution in [0.25, 0.3) is 22.5 Å². The fourth-order valence-electron chi connectivity index (χ4n) is 9.17. The topological polar surface area (TPSA) is 283 Å². The van der Waals surface area contributed by atoms with Gasteiger partial charge in [-0.2, -0.15) is 5.26 Å². The van der Waals surface area contributed by atoms with E-state index in [1.165, 1.54) is 42.8 Å². The summed E-state index contributed by atoms with van der Waals surface area (Å²) < 4.78 is 12.2. The number of aromatic nitrogens is 2. The number of rotatable bonds is 15. The fraction of sp³-hybridized carbons (Fsp3) is 0.429. The van der Waals surface area contributed by atoms with Crippen LogP contribution in [0.4, 0.5) is 0 Å². The van der Waals surface area contributed by atoms with Gasteiger partial charge in [0.1, 0.15) is 55.4 Å². The highest BCUT2D eigenvalue weighted by Gasteiger charge is 2.48. The lowest BCUT2D eigenvalue weighted by Gasteiger charge is -2.32. The molecule has 18 heteroatoms. The highest BCUT2D eigenvalue weighted by Crippen LogP contribution is 2.57. The highest BCUT2D eigenvalue weighted by molar-refractivity contribution is 6.00. The SMILES string of the molecule is Cc1nc(-c2ccc3c(c2)CCC32CC2)nc(C)c1C(=O)N[C@@H](CCN)C(=O)N(C)[C@@H]1C(=O)N[C@@H](C)C(=O)N[C@H](C(=O)NCC#N)Cc2ccc(OCCN)c(c2)-c2cc1ccc2OCCN. The van der Waals surface area contributed by atoms with Crippen LogP contribution in [0, 0.1) is 25.2 Å². The zero-order chi connectivity index (χ0) is 48.0. The summed E-state index contributed by atoms with van der Waals surface area (Å²) in [5, 5.41) is 20.0. The first kappa shape index (κ1) is 48.0. The average Bonchev–Trinajstić information content (AvgIpc) is 4.02. The summed E-state index contributed by atoms with van der Waals surface area (Å²) in [6.45, 7) is 5.29. The van der Waals surface area contributed by atoms with Crippen LogP contribution in [-0.4, -0.2) is 109 Å². The summed E-state index contributed by atoms with van der Waals surface area (Å²) in [6, 6.07) is 13.5. The molecule has 4 aromatic rings. The third-order valence-electron chi connectivity index (χ3n) is 12.8. The number of nitrogens with one attached hydrogen (secondary N) is 4. The molecule has 10 N–H and O–H groups in total. The Hall–Kier alpha value is -6.94. The summed E-state index contributed by atoms with van der Waals surface area (Å²) in [6.07, 6.45) is 4.64. The molecule has 2 aliphatic carbocycles. The molecule has 1 fully saturated rings. The van der Waals surface area contributed by atoms with E-state index in [2.05, 4.69) is 33.4 Å². The monoisotopic (exact) mass is 913 g/mol.